The summed E-state index contributed by atoms with van der Waals surface area (Å²) in [5.74, 6) is -4.22. The monoisotopic (exact) mass is 582 g/mol. The van der Waals surface area contributed by atoms with Crippen LogP contribution in [0.4, 0.5) is 11.4 Å². The molecule has 0 unspecified atom stereocenters. The average molecular weight is 583 g/mol. The van der Waals surface area contributed by atoms with E-state index in [2.05, 4.69) is 0 Å². The van der Waals surface area contributed by atoms with Crippen molar-refractivity contribution in [1.82, 2.24) is 0 Å². The number of rotatable bonds is 3. The van der Waals surface area contributed by atoms with E-state index in [9.17, 15) is 24.3 Å². The van der Waals surface area contributed by atoms with Crippen LogP contribution in [0, 0.1) is 29.1 Å². The number of hydrogen-bond donors (Lipinski definition) is 1. The van der Waals surface area contributed by atoms with Gasteiger partial charge in [-0.15, -0.1) is 0 Å². The Labute approximate surface area is 254 Å². The van der Waals surface area contributed by atoms with Crippen LogP contribution in [0.1, 0.15) is 31.2 Å². The first kappa shape index (κ1) is 26.6. The maximum atomic E-state index is 14.6. The van der Waals surface area contributed by atoms with Crippen molar-refractivity contribution in [2.24, 2.45) is 29.1 Å². The Kier molecular flexibility index (Phi) is 5.73. The fourth-order valence-corrected chi connectivity index (χ4v) is 8.57. The summed E-state index contributed by atoms with van der Waals surface area (Å²) in [5.41, 5.74) is 1.23. The number of phenolic OH excluding ortho intramolecular Hbond substituents is 1. The van der Waals surface area contributed by atoms with Crippen LogP contribution in [0.15, 0.2) is 109 Å². The molecule has 0 radical (unpaired) electrons. The second-order valence-corrected chi connectivity index (χ2v) is 12.6. The summed E-state index contributed by atoms with van der Waals surface area (Å²) in [6.45, 7) is 1.84. The molecule has 3 fully saturated rings. The van der Waals surface area contributed by atoms with Gasteiger partial charge in [-0.25, -0.2) is 4.90 Å². The van der Waals surface area contributed by atoms with Gasteiger partial charge in [0.1, 0.15) is 5.75 Å². The number of benzene rings is 4. The molecule has 0 aromatic heterocycles. The second-order valence-electron chi connectivity index (χ2n) is 12.6. The molecule has 2 aliphatic carbocycles. The van der Waals surface area contributed by atoms with E-state index in [1.807, 2.05) is 55.5 Å². The first-order valence-corrected chi connectivity index (χ1v) is 15.1. The molecule has 8 rings (SSSR count). The van der Waals surface area contributed by atoms with Crippen LogP contribution < -0.4 is 9.80 Å². The Bertz CT molecular complexity index is 1920. The largest absolute Gasteiger partial charge is 0.508 e. The van der Waals surface area contributed by atoms with Crippen LogP contribution in [0.3, 0.4) is 0 Å². The molecule has 7 heteroatoms. The number of carbonyl (C=O) groups excluding carboxylic acids is 4. The van der Waals surface area contributed by atoms with Gasteiger partial charge in [0.25, 0.3) is 0 Å². The molecule has 0 bridgehead atoms. The van der Waals surface area contributed by atoms with E-state index in [-0.39, 0.29) is 35.8 Å². The summed E-state index contributed by atoms with van der Waals surface area (Å²) >= 11 is 0. The predicted octanol–water partition coefficient (Wildman–Crippen LogP) is 5.98. The Morgan fingerprint density at radius 2 is 1.34 bits per heavy atom. The average Bonchev–Trinajstić information content (AvgIpc) is 3.42. The summed E-state index contributed by atoms with van der Waals surface area (Å²) in [6, 6.07) is 29.1. The molecule has 2 aliphatic heterocycles. The molecule has 218 valence electrons. The minimum atomic E-state index is -1.23. The van der Waals surface area contributed by atoms with E-state index < -0.39 is 35.0 Å². The molecule has 4 aromatic carbocycles. The van der Waals surface area contributed by atoms with Gasteiger partial charge in [-0.3, -0.25) is 24.1 Å². The highest BCUT2D eigenvalue weighted by atomic mass is 16.3. The second kappa shape index (κ2) is 9.48. The number of phenols is 1. The number of imide groups is 2. The summed E-state index contributed by atoms with van der Waals surface area (Å²) < 4.78 is 0. The lowest BCUT2D eigenvalue weighted by atomic mass is 9.51. The zero-order valence-corrected chi connectivity index (χ0v) is 24.1. The SMILES string of the molecule is C[C@@]12C(=O)N(c3ccccc3)C(=O)[C@@H]1C[C@@H]1C(=CC[C@@H]3C(=O)N(c4ccccc4)C(=O)[C@@H]31)[C@@H]2c1c(O)ccc2ccccc12. The number of allylic oxidation sites excluding steroid dienone is 2. The van der Waals surface area contributed by atoms with E-state index in [1.54, 1.807) is 54.6 Å². The third kappa shape index (κ3) is 3.43. The lowest BCUT2D eigenvalue weighted by Crippen LogP contribution is -2.49. The molecule has 7 nitrogen and oxygen atoms in total. The molecule has 2 heterocycles. The summed E-state index contributed by atoms with van der Waals surface area (Å²) in [5, 5.41) is 13.2. The minimum absolute atomic E-state index is 0.0375. The van der Waals surface area contributed by atoms with Crippen molar-refractivity contribution in [2.45, 2.75) is 25.7 Å². The third-order valence-electron chi connectivity index (χ3n) is 10.5. The predicted molar refractivity (Wildman–Crippen MR) is 166 cm³/mol. The van der Waals surface area contributed by atoms with E-state index in [4.69, 9.17) is 0 Å². The number of anilines is 2. The topological polar surface area (TPSA) is 95.0 Å². The highest BCUT2D eigenvalue weighted by molar-refractivity contribution is 6.25. The van der Waals surface area contributed by atoms with E-state index >= 15 is 0 Å². The summed E-state index contributed by atoms with van der Waals surface area (Å²) in [6.07, 6.45) is 2.63. The molecule has 4 aliphatic rings. The van der Waals surface area contributed by atoms with E-state index in [0.717, 1.165) is 16.3 Å². The smallest absolute Gasteiger partial charge is 0.241 e. The number of para-hydroxylation sites is 2. The molecule has 6 atom stereocenters. The molecule has 4 aromatic rings. The first-order valence-electron chi connectivity index (χ1n) is 15.1. The molecule has 1 saturated carbocycles. The Morgan fingerprint density at radius 1 is 0.705 bits per heavy atom. The van der Waals surface area contributed by atoms with Gasteiger partial charge in [0.15, 0.2) is 0 Å². The fourth-order valence-electron chi connectivity index (χ4n) is 8.57. The lowest BCUT2D eigenvalue weighted by molar-refractivity contribution is -0.131. The van der Waals surface area contributed by atoms with Gasteiger partial charge in [-0.05, 0) is 66.8 Å². The number of nitrogens with zero attached hydrogens (tertiary/aromatic N) is 2. The molecular weight excluding hydrogens is 552 g/mol. The highest BCUT2D eigenvalue weighted by Crippen LogP contribution is 2.65. The van der Waals surface area contributed by atoms with Crippen LogP contribution in [0.2, 0.25) is 0 Å². The van der Waals surface area contributed by atoms with E-state index in [0.29, 0.717) is 23.4 Å². The maximum absolute atomic E-state index is 14.6. The number of fused-ring (bicyclic) bond motifs is 5. The van der Waals surface area contributed by atoms with Gasteiger partial charge in [0, 0.05) is 11.5 Å². The third-order valence-corrected chi connectivity index (χ3v) is 10.5. The van der Waals surface area contributed by atoms with Crippen LogP contribution in [0.25, 0.3) is 10.8 Å². The fraction of sp³-hybridized carbons (Fsp3) is 0.243. The zero-order valence-electron chi connectivity index (χ0n) is 24.1. The Balaban J connectivity index is 1.34. The summed E-state index contributed by atoms with van der Waals surface area (Å²) in [4.78, 5) is 59.5. The van der Waals surface area contributed by atoms with Crippen molar-refractivity contribution in [3.8, 4) is 5.75 Å². The van der Waals surface area contributed by atoms with Crippen molar-refractivity contribution in [3.63, 3.8) is 0 Å². The van der Waals surface area contributed by atoms with Crippen molar-refractivity contribution in [2.75, 3.05) is 9.80 Å². The quantitative estimate of drug-likeness (QED) is 0.237. The number of carbonyl (C=O) groups is 4. The van der Waals surface area contributed by atoms with Gasteiger partial charge in [-0.1, -0.05) is 78.4 Å². The lowest BCUT2D eigenvalue weighted by Gasteiger charge is -2.49. The Hall–Kier alpha value is -5.04. The Morgan fingerprint density at radius 3 is 2.05 bits per heavy atom. The van der Waals surface area contributed by atoms with Crippen LogP contribution in [-0.4, -0.2) is 28.7 Å². The molecule has 2 saturated heterocycles. The summed E-state index contributed by atoms with van der Waals surface area (Å²) in [7, 11) is 0. The molecular formula is C37H30N2O5. The molecule has 44 heavy (non-hydrogen) atoms. The zero-order chi connectivity index (χ0) is 30.3. The molecule has 4 amide bonds. The highest BCUT2D eigenvalue weighted by Gasteiger charge is 2.68. The van der Waals surface area contributed by atoms with Crippen molar-refractivity contribution in [3.05, 3.63) is 114 Å². The van der Waals surface area contributed by atoms with Gasteiger partial charge in [0.2, 0.25) is 23.6 Å². The normalized spacial score (nSPS) is 29.5. The van der Waals surface area contributed by atoms with E-state index in [1.165, 1.54) is 9.80 Å². The first-order chi connectivity index (χ1) is 21.3. The van der Waals surface area contributed by atoms with Crippen LogP contribution in [-0.2, 0) is 19.2 Å². The number of hydrogen-bond acceptors (Lipinski definition) is 5. The molecule has 0 spiro atoms. The van der Waals surface area contributed by atoms with Crippen molar-refractivity contribution in [1.29, 1.82) is 0 Å². The van der Waals surface area contributed by atoms with Gasteiger partial charge < -0.3 is 5.11 Å². The molecule has 1 N–H and O–H groups in total. The standard InChI is InChI=1S/C37H30N2O5/c1-37-28(34(42)39(36(37)44)23-13-6-3-7-14-23)20-27-25(32(37)31-24-15-9-8-10-21(24)16-19-29(31)40)17-18-26-30(27)35(43)38(33(26)41)22-11-4-2-5-12-22/h2-17,19,26-28,30,32,40H,18,20H2,1H3/t26-,27+,28-,30-,32+,37+/m0/s1. The maximum Gasteiger partial charge on any atom is 0.241 e. The minimum Gasteiger partial charge on any atom is -0.508 e. The van der Waals surface area contributed by atoms with Crippen LogP contribution in [0.5, 0.6) is 5.75 Å². The van der Waals surface area contributed by atoms with Crippen molar-refractivity contribution >= 4 is 45.8 Å². The van der Waals surface area contributed by atoms with Crippen LogP contribution >= 0.6 is 0 Å². The van der Waals surface area contributed by atoms with Gasteiger partial charge >= 0.3 is 0 Å². The number of amides is 4. The van der Waals surface area contributed by atoms with Gasteiger partial charge in [0.05, 0.1) is 34.5 Å². The van der Waals surface area contributed by atoms with Crippen molar-refractivity contribution < 1.29 is 24.3 Å². The number of aromatic hydroxyl groups is 1. The van der Waals surface area contributed by atoms with Gasteiger partial charge in [-0.2, -0.15) is 0 Å².